The Labute approximate surface area is 125 Å². The van der Waals surface area contributed by atoms with Gasteiger partial charge in [-0.2, -0.15) is 4.31 Å². The fourth-order valence-electron chi connectivity index (χ4n) is 1.71. The number of likely N-dealkylation sites (N-methyl/N-ethyl adjacent to an activating group) is 1. The maximum atomic E-state index is 12.1. The summed E-state index contributed by atoms with van der Waals surface area (Å²) in [4.78, 5) is 10.6. The van der Waals surface area contributed by atoms with Gasteiger partial charge in [0.1, 0.15) is 12.3 Å². The molecule has 0 heterocycles. The van der Waals surface area contributed by atoms with Gasteiger partial charge in [-0.05, 0) is 30.7 Å². The molecule has 1 N–H and O–H groups in total. The van der Waals surface area contributed by atoms with Crippen LogP contribution < -0.4 is 4.74 Å². The first-order valence-corrected chi connectivity index (χ1v) is 8.23. The zero-order chi connectivity index (χ0) is 15.9. The number of rotatable bonds is 9. The van der Waals surface area contributed by atoms with Gasteiger partial charge in [0.2, 0.25) is 10.0 Å². The lowest BCUT2D eigenvalue weighted by Gasteiger charge is -2.15. The highest BCUT2D eigenvalue weighted by molar-refractivity contribution is 7.89. The second-order valence-corrected chi connectivity index (χ2v) is 6.73. The van der Waals surface area contributed by atoms with Crippen LogP contribution in [0.3, 0.4) is 0 Å². The molecule has 1 aromatic carbocycles. The average molecular weight is 315 g/mol. The number of carbonyl (C=O) groups is 1. The Morgan fingerprint density at radius 3 is 2.38 bits per heavy atom. The van der Waals surface area contributed by atoms with Crippen molar-refractivity contribution in [3.05, 3.63) is 24.3 Å². The molecule has 6 nitrogen and oxygen atoms in total. The lowest BCUT2D eigenvalue weighted by atomic mass is 10.3. The zero-order valence-electron chi connectivity index (χ0n) is 12.3. The minimum atomic E-state index is -3.78. The summed E-state index contributed by atoms with van der Waals surface area (Å²) < 4.78 is 30.5. The lowest BCUT2D eigenvalue weighted by Crippen LogP contribution is -2.31. The normalized spacial score (nSPS) is 11.6. The van der Waals surface area contributed by atoms with Crippen LogP contribution in [-0.4, -0.2) is 44.0 Å². The molecule has 1 aromatic rings. The van der Waals surface area contributed by atoms with E-state index in [9.17, 15) is 13.2 Å². The van der Waals surface area contributed by atoms with Crippen molar-refractivity contribution in [1.29, 1.82) is 0 Å². The Balaban J connectivity index is 2.70. The third kappa shape index (κ3) is 5.35. The number of ether oxygens (including phenoxy) is 1. The monoisotopic (exact) mass is 315 g/mol. The lowest BCUT2D eigenvalue weighted by molar-refractivity contribution is -0.137. The standard InChI is InChI=1S/C14H21NO5S/c1-3-4-5-10-20-12-6-8-13(9-7-12)21(18,19)15(2)11-14(16)17/h6-9H,3-5,10-11H2,1-2H3,(H,16,17). The fraction of sp³-hybridized carbons (Fsp3) is 0.500. The Morgan fingerprint density at radius 2 is 1.86 bits per heavy atom. The van der Waals surface area contributed by atoms with E-state index in [4.69, 9.17) is 9.84 Å². The number of benzene rings is 1. The molecule has 0 saturated carbocycles. The highest BCUT2D eigenvalue weighted by atomic mass is 32.2. The smallest absolute Gasteiger partial charge is 0.318 e. The van der Waals surface area contributed by atoms with Gasteiger partial charge in [-0.1, -0.05) is 19.8 Å². The van der Waals surface area contributed by atoms with Crippen LogP contribution in [0.4, 0.5) is 0 Å². The number of carboxylic acid groups (broad SMARTS) is 1. The highest BCUT2D eigenvalue weighted by Gasteiger charge is 2.22. The van der Waals surface area contributed by atoms with Gasteiger partial charge in [0.15, 0.2) is 0 Å². The van der Waals surface area contributed by atoms with Gasteiger partial charge in [0.25, 0.3) is 0 Å². The first-order valence-electron chi connectivity index (χ1n) is 6.79. The SMILES string of the molecule is CCCCCOc1ccc(S(=O)(=O)N(C)CC(=O)O)cc1. The van der Waals surface area contributed by atoms with Crippen molar-refractivity contribution in [3.8, 4) is 5.75 Å². The summed E-state index contributed by atoms with van der Waals surface area (Å²) in [5.74, 6) is -0.595. The maximum Gasteiger partial charge on any atom is 0.318 e. The molecule has 0 spiro atoms. The predicted octanol–water partition coefficient (Wildman–Crippen LogP) is 1.96. The molecule has 21 heavy (non-hydrogen) atoms. The van der Waals surface area contributed by atoms with Gasteiger partial charge in [-0.25, -0.2) is 8.42 Å². The molecule has 7 heteroatoms. The number of aliphatic carboxylic acids is 1. The van der Waals surface area contributed by atoms with E-state index >= 15 is 0 Å². The number of carboxylic acids is 1. The largest absolute Gasteiger partial charge is 0.494 e. The third-order valence-electron chi connectivity index (χ3n) is 2.91. The summed E-state index contributed by atoms with van der Waals surface area (Å²) in [5, 5.41) is 8.65. The van der Waals surface area contributed by atoms with Crippen molar-refractivity contribution in [1.82, 2.24) is 4.31 Å². The molecule has 1 rings (SSSR count). The van der Waals surface area contributed by atoms with Crippen LogP contribution in [0.15, 0.2) is 29.2 Å². The van der Waals surface area contributed by atoms with E-state index in [-0.39, 0.29) is 4.90 Å². The van der Waals surface area contributed by atoms with Gasteiger partial charge in [0.05, 0.1) is 11.5 Å². The van der Waals surface area contributed by atoms with Gasteiger partial charge in [-0.3, -0.25) is 4.79 Å². The second kappa shape index (κ2) is 7.99. The van der Waals surface area contributed by atoms with Crippen LogP contribution in [0.2, 0.25) is 0 Å². The van der Waals surface area contributed by atoms with Crippen LogP contribution in [0, 0.1) is 0 Å². The number of nitrogens with zero attached hydrogens (tertiary/aromatic N) is 1. The summed E-state index contributed by atoms with van der Waals surface area (Å²) in [5.41, 5.74) is 0. The second-order valence-electron chi connectivity index (χ2n) is 4.68. The Bertz CT molecular complexity index is 553. The quantitative estimate of drug-likeness (QED) is 0.704. The molecule has 0 aliphatic heterocycles. The van der Waals surface area contributed by atoms with Crippen molar-refractivity contribution in [3.63, 3.8) is 0 Å². The van der Waals surface area contributed by atoms with Crippen molar-refractivity contribution in [2.24, 2.45) is 0 Å². The van der Waals surface area contributed by atoms with Crippen molar-refractivity contribution >= 4 is 16.0 Å². The minimum absolute atomic E-state index is 0.0483. The van der Waals surface area contributed by atoms with E-state index in [2.05, 4.69) is 6.92 Å². The van der Waals surface area contributed by atoms with Crippen LogP contribution >= 0.6 is 0 Å². The fourth-order valence-corrected chi connectivity index (χ4v) is 2.83. The Morgan fingerprint density at radius 1 is 1.24 bits per heavy atom. The van der Waals surface area contributed by atoms with Crippen molar-refractivity contribution in [2.45, 2.75) is 31.1 Å². The molecular weight excluding hydrogens is 294 g/mol. The van der Waals surface area contributed by atoms with Gasteiger partial charge in [0, 0.05) is 7.05 Å². The molecule has 0 unspecified atom stereocenters. The van der Waals surface area contributed by atoms with E-state index in [0.717, 1.165) is 23.6 Å². The number of unbranched alkanes of at least 4 members (excludes halogenated alkanes) is 2. The molecule has 0 aliphatic carbocycles. The first-order chi connectivity index (χ1) is 9.87. The van der Waals surface area contributed by atoms with E-state index in [0.29, 0.717) is 12.4 Å². The molecule has 0 atom stereocenters. The summed E-state index contributed by atoms with van der Waals surface area (Å²) in [7, 11) is -2.55. The third-order valence-corrected chi connectivity index (χ3v) is 4.72. The first kappa shape index (κ1) is 17.5. The minimum Gasteiger partial charge on any atom is -0.494 e. The number of hydrogen-bond donors (Lipinski definition) is 1. The topological polar surface area (TPSA) is 83.9 Å². The van der Waals surface area contributed by atoms with E-state index < -0.39 is 22.5 Å². The van der Waals surface area contributed by atoms with E-state index in [1.165, 1.54) is 19.2 Å². The molecule has 0 fully saturated rings. The van der Waals surface area contributed by atoms with Crippen molar-refractivity contribution in [2.75, 3.05) is 20.2 Å². The van der Waals surface area contributed by atoms with Crippen LogP contribution in [0.1, 0.15) is 26.2 Å². The maximum absolute atomic E-state index is 12.1. The van der Waals surface area contributed by atoms with Crippen molar-refractivity contribution < 1.29 is 23.1 Å². The molecule has 118 valence electrons. The average Bonchev–Trinajstić information content (AvgIpc) is 2.43. The van der Waals surface area contributed by atoms with Gasteiger partial charge < -0.3 is 9.84 Å². The molecule has 0 radical (unpaired) electrons. The summed E-state index contributed by atoms with van der Waals surface area (Å²) in [6, 6.07) is 5.99. The summed E-state index contributed by atoms with van der Waals surface area (Å²) in [6.45, 7) is 2.13. The Kier molecular flexibility index (Phi) is 6.64. The molecule has 0 amide bonds. The molecule has 0 aliphatic rings. The molecule has 0 aromatic heterocycles. The Hall–Kier alpha value is -1.60. The van der Waals surface area contributed by atoms with Gasteiger partial charge >= 0.3 is 5.97 Å². The van der Waals surface area contributed by atoms with Crippen LogP contribution in [-0.2, 0) is 14.8 Å². The molecule has 0 saturated heterocycles. The number of sulfonamides is 1. The zero-order valence-corrected chi connectivity index (χ0v) is 13.1. The van der Waals surface area contributed by atoms with E-state index in [1.807, 2.05) is 0 Å². The highest BCUT2D eigenvalue weighted by Crippen LogP contribution is 2.19. The number of hydrogen-bond acceptors (Lipinski definition) is 4. The molecular formula is C14H21NO5S. The molecule has 0 bridgehead atoms. The van der Waals surface area contributed by atoms with Gasteiger partial charge in [-0.15, -0.1) is 0 Å². The summed E-state index contributed by atoms with van der Waals surface area (Å²) >= 11 is 0. The van der Waals surface area contributed by atoms with Crippen LogP contribution in [0.25, 0.3) is 0 Å². The predicted molar refractivity (Wildman–Crippen MR) is 78.9 cm³/mol. The van der Waals surface area contributed by atoms with Crippen LogP contribution in [0.5, 0.6) is 5.75 Å². The summed E-state index contributed by atoms with van der Waals surface area (Å²) in [6.07, 6.45) is 3.15. The van der Waals surface area contributed by atoms with E-state index in [1.54, 1.807) is 12.1 Å².